The van der Waals surface area contributed by atoms with Crippen molar-refractivity contribution in [3.63, 3.8) is 0 Å². The molecule has 0 aliphatic rings. The molecule has 0 rings (SSSR count). The highest BCUT2D eigenvalue weighted by molar-refractivity contribution is 5.79. The van der Waals surface area contributed by atoms with Crippen LogP contribution in [0.2, 0.25) is 0 Å². The average Bonchev–Trinajstić information content (AvgIpc) is 2.47. The van der Waals surface area contributed by atoms with E-state index in [4.69, 9.17) is 20.1 Å². The summed E-state index contributed by atoms with van der Waals surface area (Å²) in [6.07, 6.45) is 0.515. The van der Waals surface area contributed by atoms with Crippen LogP contribution < -0.4 is 0 Å². The van der Waals surface area contributed by atoms with E-state index in [1.54, 1.807) is 34.6 Å². The predicted octanol–water partition coefficient (Wildman–Crippen LogP) is 1.43. The number of ether oxygens (including phenoxy) is 1. The molecule has 4 N–H and O–H groups in total. The van der Waals surface area contributed by atoms with E-state index >= 15 is 0 Å². The van der Waals surface area contributed by atoms with Crippen LogP contribution in [-0.4, -0.2) is 51.2 Å². The van der Waals surface area contributed by atoms with Crippen LogP contribution in [0.3, 0.4) is 0 Å². The molecule has 1 atom stereocenters. The first-order chi connectivity index (χ1) is 10.6. The van der Waals surface area contributed by atoms with Crippen molar-refractivity contribution in [2.45, 2.75) is 40.9 Å². The minimum absolute atomic E-state index is 0.303. The molecule has 140 valence electrons. The van der Waals surface area contributed by atoms with Crippen LogP contribution in [-0.2, 0) is 19.1 Å². The molecule has 0 saturated heterocycles. The van der Waals surface area contributed by atoms with E-state index in [9.17, 15) is 19.5 Å². The Morgan fingerprint density at radius 2 is 1.29 bits per heavy atom. The maximum Gasteiger partial charge on any atom is 0.327 e. The molecule has 0 aromatic heterocycles. The van der Waals surface area contributed by atoms with Gasteiger partial charge in [0.05, 0.1) is 12.0 Å². The molecular weight excluding hydrogens is 320 g/mol. The minimum Gasteiger partial charge on any atom is -0.478 e. The lowest BCUT2D eigenvalue weighted by Gasteiger charge is -2.28. The van der Waals surface area contributed by atoms with Crippen molar-refractivity contribution >= 4 is 17.9 Å². The molecule has 0 aromatic carbocycles. The summed E-state index contributed by atoms with van der Waals surface area (Å²) in [5.41, 5.74) is -1.48. The SMILES string of the molecule is C=CC(=O)O.C=CC(=O)O.CC(C)(CO)C(=O)OC(O)C(C)(C)C. The van der Waals surface area contributed by atoms with Gasteiger partial charge in [0.2, 0.25) is 6.29 Å². The van der Waals surface area contributed by atoms with Crippen molar-refractivity contribution in [2.75, 3.05) is 6.61 Å². The van der Waals surface area contributed by atoms with Gasteiger partial charge in [-0.3, -0.25) is 4.79 Å². The fourth-order valence-electron chi connectivity index (χ4n) is 0.502. The summed E-state index contributed by atoms with van der Waals surface area (Å²) in [7, 11) is 0. The number of aliphatic hydroxyl groups excluding tert-OH is 2. The summed E-state index contributed by atoms with van der Waals surface area (Å²) in [5.74, 6) is -2.56. The van der Waals surface area contributed by atoms with Crippen LogP contribution in [0.15, 0.2) is 25.3 Å². The minimum atomic E-state index is -1.15. The first-order valence-corrected chi connectivity index (χ1v) is 6.86. The molecule has 8 heteroatoms. The number of hydrogen-bond acceptors (Lipinski definition) is 6. The second kappa shape index (κ2) is 12.3. The molecule has 0 amide bonds. The van der Waals surface area contributed by atoms with Crippen LogP contribution in [0, 0.1) is 10.8 Å². The number of carboxylic acids is 2. The summed E-state index contributed by atoms with van der Waals surface area (Å²) in [6, 6.07) is 0. The molecule has 0 radical (unpaired) electrons. The van der Waals surface area contributed by atoms with Gasteiger partial charge in [-0.2, -0.15) is 0 Å². The Labute approximate surface area is 142 Å². The zero-order valence-corrected chi connectivity index (χ0v) is 14.8. The lowest BCUT2D eigenvalue weighted by Crippen LogP contribution is -2.38. The van der Waals surface area contributed by atoms with Gasteiger partial charge in [0.25, 0.3) is 0 Å². The predicted molar refractivity (Wildman–Crippen MR) is 88.1 cm³/mol. The van der Waals surface area contributed by atoms with E-state index in [0.29, 0.717) is 0 Å². The second-order valence-corrected chi connectivity index (χ2v) is 6.25. The summed E-state index contributed by atoms with van der Waals surface area (Å²) >= 11 is 0. The quantitative estimate of drug-likeness (QED) is 0.332. The number of carbonyl (C=O) groups is 3. The van der Waals surface area contributed by atoms with Crippen LogP contribution in [0.5, 0.6) is 0 Å². The first kappa shape index (κ1) is 26.7. The normalized spacial score (nSPS) is 11.5. The molecule has 0 saturated carbocycles. The molecular formula is C16H28O8. The molecule has 0 aliphatic heterocycles. The van der Waals surface area contributed by atoms with E-state index in [0.717, 1.165) is 12.2 Å². The number of hydrogen-bond donors (Lipinski definition) is 4. The third-order valence-corrected chi connectivity index (χ3v) is 2.26. The highest BCUT2D eigenvalue weighted by Gasteiger charge is 2.33. The second-order valence-electron chi connectivity index (χ2n) is 6.25. The summed E-state index contributed by atoms with van der Waals surface area (Å²) in [5, 5.41) is 33.6. The fourth-order valence-corrected chi connectivity index (χ4v) is 0.502. The Bertz CT molecular complexity index is 414. The molecule has 0 heterocycles. The van der Waals surface area contributed by atoms with E-state index in [2.05, 4.69) is 13.2 Å². The van der Waals surface area contributed by atoms with E-state index in [-0.39, 0.29) is 6.61 Å². The first-order valence-electron chi connectivity index (χ1n) is 6.86. The number of esters is 1. The maximum atomic E-state index is 11.4. The molecule has 0 aromatic rings. The zero-order valence-electron chi connectivity index (χ0n) is 14.8. The van der Waals surface area contributed by atoms with Crippen LogP contribution >= 0.6 is 0 Å². The standard InChI is InChI=1S/C10H20O4.2C3H4O2/c1-9(2,3)7(12)14-8(13)10(4,5)6-11;2*1-2-3(4)5/h7,11-12H,6H2,1-5H3;2*2H,1H2,(H,4,5). The monoisotopic (exact) mass is 348 g/mol. The highest BCUT2D eigenvalue weighted by atomic mass is 16.6. The fraction of sp³-hybridized carbons (Fsp3) is 0.562. The lowest BCUT2D eigenvalue weighted by molar-refractivity contribution is -0.197. The summed E-state index contributed by atoms with van der Waals surface area (Å²) < 4.78 is 4.83. The molecule has 8 nitrogen and oxygen atoms in total. The van der Waals surface area contributed by atoms with Gasteiger partial charge in [-0.25, -0.2) is 9.59 Å². The van der Waals surface area contributed by atoms with Crippen molar-refractivity contribution < 1.29 is 39.5 Å². The van der Waals surface area contributed by atoms with Gasteiger partial charge >= 0.3 is 17.9 Å². The van der Waals surface area contributed by atoms with Gasteiger partial charge in [0, 0.05) is 17.6 Å². The third kappa shape index (κ3) is 16.2. The summed E-state index contributed by atoms with van der Waals surface area (Å²) in [6.45, 7) is 14.0. The number of rotatable bonds is 5. The molecule has 0 bridgehead atoms. The molecule has 0 spiro atoms. The molecule has 0 fully saturated rings. The van der Waals surface area contributed by atoms with E-state index in [1.807, 2.05) is 0 Å². The smallest absolute Gasteiger partial charge is 0.327 e. The topological polar surface area (TPSA) is 141 Å². The Morgan fingerprint density at radius 3 is 1.46 bits per heavy atom. The Kier molecular flexibility index (Phi) is 13.6. The van der Waals surface area contributed by atoms with Crippen molar-refractivity contribution in [2.24, 2.45) is 10.8 Å². The largest absolute Gasteiger partial charge is 0.478 e. The van der Waals surface area contributed by atoms with Gasteiger partial charge in [0.15, 0.2) is 0 Å². The molecule has 1 unspecified atom stereocenters. The van der Waals surface area contributed by atoms with Crippen LogP contribution in [0.1, 0.15) is 34.6 Å². The Hall–Kier alpha value is -2.19. The number of carbonyl (C=O) groups excluding carboxylic acids is 1. The van der Waals surface area contributed by atoms with Crippen LogP contribution in [0.4, 0.5) is 0 Å². The zero-order chi connectivity index (χ0) is 20.1. The van der Waals surface area contributed by atoms with Gasteiger partial charge in [-0.05, 0) is 13.8 Å². The van der Waals surface area contributed by atoms with Crippen LogP contribution in [0.25, 0.3) is 0 Å². The lowest BCUT2D eigenvalue weighted by atomic mass is 9.93. The van der Waals surface area contributed by atoms with Gasteiger partial charge in [-0.1, -0.05) is 33.9 Å². The molecule has 24 heavy (non-hydrogen) atoms. The number of carboxylic acid groups (broad SMARTS) is 2. The van der Waals surface area contributed by atoms with Crippen molar-refractivity contribution in [3.05, 3.63) is 25.3 Å². The van der Waals surface area contributed by atoms with Gasteiger partial charge in [0.1, 0.15) is 0 Å². The van der Waals surface area contributed by atoms with Gasteiger partial charge < -0.3 is 25.2 Å². The Balaban J connectivity index is -0.000000361. The van der Waals surface area contributed by atoms with E-state index < -0.39 is 35.0 Å². The number of aliphatic carboxylic acids is 2. The van der Waals surface area contributed by atoms with E-state index in [1.165, 1.54) is 0 Å². The van der Waals surface area contributed by atoms with Crippen molar-refractivity contribution in [1.29, 1.82) is 0 Å². The maximum absolute atomic E-state index is 11.4. The average molecular weight is 348 g/mol. The highest BCUT2D eigenvalue weighted by Crippen LogP contribution is 2.24. The third-order valence-electron chi connectivity index (χ3n) is 2.26. The number of aliphatic hydroxyl groups is 2. The summed E-state index contributed by atoms with van der Waals surface area (Å²) in [4.78, 5) is 29.9. The van der Waals surface area contributed by atoms with Crippen molar-refractivity contribution in [3.8, 4) is 0 Å². The molecule has 0 aliphatic carbocycles. The van der Waals surface area contributed by atoms with Crippen molar-refractivity contribution in [1.82, 2.24) is 0 Å². The van der Waals surface area contributed by atoms with Gasteiger partial charge in [-0.15, -0.1) is 0 Å². The Morgan fingerprint density at radius 1 is 1.00 bits per heavy atom.